The van der Waals surface area contributed by atoms with Crippen molar-refractivity contribution >= 4 is 6.29 Å². The van der Waals surface area contributed by atoms with Crippen LogP contribution in [-0.4, -0.2) is 43.5 Å². The van der Waals surface area contributed by atoms with E-state index in [1.165, 1.54) is 31.2 Å². The number of hydrogen-bond donors (Lipinski definition) is 0. The highest BCUT2D eigenvalue weighted by Crippen LogP contribution is 2.34. The Hall–Kier alpha value is -1.19. The maximum atomic E-state index is 10.7. The molecule has 3 heteroatoms. The molecule has 0 spiro atoms. The second-order valence-corrected chi connectivity index (χ2v) is 5.94. The van der Waals surface area contributed by atoms with Crippen molar-refractivity contribution in [2.75, 3.05) is 26.3 Å². The van der Waals surface area contributed by atoms with Crippen molar-refractivity contribution in [3.05, 3.63) is 35.4 Å². The van der Waals surface area contributed by atoms with Gasteiger partial charge >= 0.3 is 0 Å². The Bertz CT molecular complexity index is 429. The fourth-order valence-electron chi connectivity index (χ4n) is 3.56. The third kappa shape index (κ3) is 3.10. The third-order valence-electron chi connectivity index (χ3n) is 4.80. The van der Waals surface area contributed by atoms with Gasteiger partial charge in [0.2, 0.25) is 0 Å². The van der Waals surface area contributed by atoms with E-state index in [2.05, 4.69) is 17.0 Å². The highest BCUT2D eigenvalue weighted by atomic mass is 16.5. The summed E-state index contributed by atoms with van der Waals surface area (Å²) in [4.78, 5) is 13.3. The molecule has 3 rings (SSSR count). The molecule has 108 valence electrons. The fraction of sp³-hybridized carbons (Fsp3) is 0.588. The molecule has 0 aromatic heterocycles. The highest BCUT2D eigenvalue weighted by molar-refractivity contribution is 5.74. The van der Waals surface area contributed by atoms with Gasteiger partial charge < -0.3 is 4.74 Å². The van der Waals surface area contributed by atoms with E-state index in [4.69, 9.17) is 4.74 Å². The van der Waals surface area contributed by atoms with Crippen molar-refractivity contribution in [2.24, 2.45) is 0 Å². The molecule has 1 aromatic carbocycles. The molecule has 1 saturated carbocycles. The van der Waals surface area contributed by atoms with Crippen LogP contribution < -0.4 is 0 Å². The summed E-state index contributed by atoms with van der Waals surface area (Å²) in [5.74, 6) is 0.674. The molecule has 3 nitrogen and oxygen atoms in total. The molecule has 1 aliphatic carbocycles. The number of carbonyl (C=O) groups is 1. The summed E-state index contributed by atoms with van der Waals surface area (Å²) in [5, 5.41) is 0. The van der Waals surface area contributed by atoms with Gasteiger partial charge in [-0.05, 0) is 37.2 Å². The van der Waals surface area contributed by atoms with Crippen molar-refractivity contribution in [1.82, 2.24) is 4.90 Å². The van der Waals surface area contributed by atoms with Crippen LogP contribution in [0.3, 0.4) is 0 Å². The van der Waals surface area contributed by atoms with Gasteiger partial charge in [0, 0.05) is 24.7 Å². The zero-order valence-electron chi connectivity index (χ0n) is 12.0. The van der Waals surface area contributed by atoms with Crippen LogP contribution in [0, 0.1) is 0 Å². The van der Waals surface area contributed by atoms with Crippen molar-refractivity contribution in [2.45, 2.75) is 37.6 Å². The molecule has 1 aliphatic heterocycles. The van der Waals surface area contributed by atoms with Crippen molar-refractivity contribution in [1.29, 1.82) is 0 Å². The zero-order valence-corrected chi connectivity index (χ0v) is 12.0. The number of benzene rings is 1. The van der Waals surface area contributed by atoms with Gasteiger partial charge in [-0.15, -0.1) is 0 Å². The molecule has 20 heavy (non-hydrogen) atoms. The Morgan fingerprint density at radius 1 is 1.00 bits per heavy atom. The van der Waals surface area contributed by atoms with E-state index >= 15 is 0 Å². The van der Waals surface area contributed by atoms with E-state index in [9.17, 15) is 4.79 Å². The number of nitrogens with zero attached hydrogens (tertiary/aromatic N) is 1. The number of rotatable bonds is 3. The quantitative estimate of drug-likeness (QED) is 0.793. The lowest BCUT2D eigenvalue weighted by Crippen LogP contribution is -2.44. The van der Waals surface area contributed by atoms with Gasteiger partial charge in [0.1, 0.15) is 6.29 Å². The van der Waals surface area contributed by atoms with Crippen molar-refractivity contribution in [3.63, 3.8) is 0 Å². The standard InChI is InChI=1S/C17H23NO2/c19-13-14-1-3-15(4-2-14)16-5-7-17(8-6-16)18-9-11-20-12-10-18/h1-4,13,16-17H,5-12H2. The minimum atomic E-state index is 0.674. The normalized spacial score (nSPS) is 28.2. The molecule has 2 aliphatic rings. The summed E-state index contributed by atoms with van der Waals surface area (Å²) in [6.45, 7) is 3.99. The summed E-state index contributed by atoms with van der Waals surface area (Å²) in [7, 11) is 0. The van der Waals surface area contributed by atoms with Gasteiger partial charge in [0.15, 0.2) is 0 Å². The monoisotopic (exact) mass is 273 g/mol. The predicted octanol–water partition coefficient (Wildman–Crippen LogP) is 2.86. The van der Waals surface area contributed by atoms with E-state index in [-0.39, 0.29) is 0 Å². The van der Waals surface area contributed by atoms with Crippen LogP contribution in [0.5, 0.6) is 0 Å². The minimum absolute atomic E-state index is 0.674. The molecular weight excluding hydrogens is 250 g/mol. The molecule has 0 N–H and O–H groups in total. The maximum absolute atomic E-state index is 10.7. The van der Waals surface area contributed by atoms with Crippen LogP contribution in [-0.2, 0) is 4.74 Å². The van der Waals surface area contributed by atoms with E-state index in [0.29, 0.717) is 5.92 Å². The van der Waals surface area contributed by atoms with E-state index in [1.54, 1.807) is 0 Å². The predicted molar refractivity (Wildman–Crippen MR) is 79.2 cm³/mol. The summed E-state index contributed by atoms with van der Waals surface area (Å²) in [5.41, 5.74) is 2.17. The SMILES string of the molecule is O=Cc1ccc(C2CCC(N3CCOCC3)CC2)cc1. The van der Waals surface area contributed by atoms with Crippen molar-refractivity contribution < 1.29 is 9.53 Å². The number of morpholine rings is 1. The first-order valence-corrected chi connectivity index (χ1v) is 7.74. The largest absolute Gasteiger partial charge is 0.379 e. The van der Waals surface area contributed by atoms with Gasteiger partial charge in [0.05, 0.1) is 13.2 Å². The summed E-state index contributed by atoms with van der Waals surface area (Å²) in [6, 6.07) is 8.89. The molecule has 0 radical (unpaired) electrons. The van der Waals surface area contributed by atoms with E-state index < -0.39 is 0 Å². The van der Waals surface area contributed by atoms with Gasteiger partial charge in [-0.1, -0.05) is 24.3 Å². The van der Waals surface area contributed by atoms with Gasteiger partial charge in [0.25, 0.3) is 0 Å². The molecule has 0 bridgehead atoms. The first kappa shape index (κ1) is 13.8. The molecule has 1 heterocycles. The summed E-state index contributed by atoms with van der Waals surface area (Å²) < 4.78 is 5.43. The molecule has 0 amide bonds. The van der Waals surface area contributed by atoms with Gasteiger partial charge in [-0.3, -0.25) is 9.69 Å². The fourth-order valence-corrected chi connectivity index (χ4v) is 3.56. The minimum Gasteiger partial charge on any atom is -0.379 e. The molecule has 0 atom stereocenters. The average molecular weight is 273 g/mol. The smallest absolute Gasteiger partial charge is 0.150 e. The number of carbonyl (C=O) groups excluding carboxylic acids is 1. The Morgan fingerprint density at radius 2 is 1.65 bits per heavy atom. The van der Waals surface area contributed by atoms with Crippen LogP contribution in [0.4, 0.5) is 0 Å². The molecule has 1 saturated heterocycles. The lowest BCUT2D eigenvalue weighted by molar-refractivity contribution is 0.00729. The first-order valence-electron chi connectivity index (χ1n) is 7.74. The summed E-state index contributed by atoms with van der Waals surface area (Å²) >= 11 is 0. The molecule has 0 unspecified atom stereocenters. The second kappa shape index (κ2) is 6.51. The number of ether oxygens (including phenoxy) is 1. The van der Waals surface area contributed by atoms with Crippen LogP contribution >= 0.6 is 0 Å². The highest BCUT2D eigenvalue weighted by Gasteiger charge is 2.27. The van der Waals surface area contributed by atoms with Crippen LogP contribution in [0.25, 0.3) is 0 Å². The van der Waals surface area contributed by atoms with Crippen molar-refractivity contribution in [3.8, 4) is 0 Å². The Balaban J connectivity index is 1.55. The summed E-state index contributed by atoms with van der Waals surface area (Å²) in [6.07, 6.45) is 6.03. The molecule has 2 fully saturated rings. The lowest BCUT2D eigenvalue weighted by Gasteiger charge is -2.38. The molecular formula is C17H23NO2. The number of aldehydes is 1. The molecule has 1 aromatic rings. The lowest BCUT2D eigenvalue weighted by atomic mass is 9.81. The Morgan fingerprint density at radius 3 is 2.25 bits per heavy atom. The van der Waals surface area contributed by atoms with Gasteiger partial charge in [-0.25, -0.2) is 0 Å². The Labute approximate surface area is 120 Å². The van der Waals surface area contributed by atoms with Crippen LogP contribution in [0.15, 0.2) is 24.3 Å². The van der Waals surface area contributed by atoms with Gasteiger partial charge in [-0.2, -0.15) is 0 Å². The van der Waals surface area contributed by atoms with E-state index in [0.717, 1.165) is 44.2 Å². The van der Waals surface area contributed by atoms with Crippen LogP contribution in [0.2, 0.25) is 0 Å². The second-order valence-electron chi connectivity index (χ2n) is 5.94. The Kier molecular flexibility index (Phi) is 4.48. The zero-order chi connectivity index (χ0) is 13.8. The van der Waals surface area contributed by atoms with Crippen LogP contribution in [0.1, 0.15) is 47.5 Å². The maximum Gasteiger partial charge on any atom is 0.150 e. The first-order chi connectivity index (χ1) is 9.86. The number of hydrogen-bond acceptors (Lipinski definition) is 3. The average Bonchev–Trinajstić information content (AvgIpc) is 2.56. The van der Waals surface area contributed by atoms with E-state index in [1.807, 2.05) is 12.1 Å². The third-order valence-corrected chi connectivity index (χ3v) is 4.80. The topological polar surface area (TPSA) is 29.5 Å².